The zero-order chi connectivity index (χ0) is 50.8. The van der Waals surface area contributed by atoms with Crippen molar-refractivity contribution in [1.29, 1.82) is 0 Å². The third-order valence-electron chi connectivity index (χ3n) is 13.5. The number of aliphatic hydroxyl groups excluding tert-OH is 5. The largest absolute Gasteiger partial charge is 0.394 e. The predicted molar refractivity (Wildman–Crippen MR) is 295 cm³/mol. The van der Waals surface area contributed by atoms with Crippen LogP contribution >= 0.6 is 0 Å². The fourth-order valence-corrected chi connectivity index (χ4v) is 8.84. The summed E-state index contributed by atoms with van der Waals surface area (Å²) in [5, 5.41) is 54.4. The molecule has 70 heavy (non-hydrogen) atoms. The Morgan fingerprint density at radius 2 is 0.857 bits per heavy atom. The van der Waals surface area contributed by atoms with Crippen LogP contribution in [0.25, 0.3) is 0 Å². The SMILES string of the molecule is CCCCCC/C=C/CC/C=C/CC/C=C/C(O)C(COC1OC(CO)C(O)C(O)C1O)NC(=O)CCCCCCCCCCCCCCCCCCCC/C=C\C/C=C\C/C=C\CCCCCCC. The van der Waals surface area contributed by atoms with Crippen molar-refractivity contribution in [3.8, 4) is 0 Å². The minimum atomic E-state index is -1.58. The van der Waals surface area contributed by atoms with Crippen LogP contribution in [0.15, 0.2) is 72.9 Å². The third kappa shape index (κ3) is 39.2. The van der Waals surface area contributed by atoms with Crippen molar-refractivity contribution in [2.75, 3.05) is 13.2 Å². The molecule has 9 nitrogen and oxygen atoms in total. The van der Waals surface area contributed by atoms with Crippen molar-refractivity contribution in [2.45, 2.75) is 294 Å². The Labute approximate surface area is 429 Å². The van der Waals surface area contributed by atoms with Crippen LogP contribution in [0, 0.1) is 0 Å². The number of carbonyl (C=O) groups excluding carboxylic acids is 1. The average Bonchev–Trinajstić information content (AvgIpc) is 3.36. The summed E-state index contributed by atoms with van der Waals surface area (Å²) in [4.78, 5) is 13.0. The number of hydrogen-bond acceptors (Lipinski definition) is 8. The standard InChI is InChI=1S/C61H109NO8/c1-3-5-7-9-11-13-15-17-19-20-21-22-23-24-25-26-27-28-29-30-31-32-33-34-35-36-37-39-41-43-45-47-49-51-57(65)62-54(53-69-61-60(68)59(67)58(66)56(52-63)70-61)55(64)50-48-46-44-42-40-38-18-16-14-12-10-8-6-4-2/h14-17,20-21,23-24,40,42,48,50,54-56,58-61,63-64,66-68H,3-13,18-19,22,25-39,41,43-47,49,51-53H2,1-2H3,(H,62,65)/b16-14+,17-15-,21-20-,24-23-,42-40+,50-48+. The minimum Gasteiger partial charge on any atom is -0.394 e. The Bertz CT molecular complexity index is 1330. The molecule has 7 atom stereocenters. The van der Waals surface area contributed by atoms with Crippen LogP contribution in [0.3, 0.4) is 0 Å². The van der Waals surface area contributed by atoms with Gasteiger partial charge in [-0.2, -0.15) is 0 Å². The van der Waals surface area contributed by atoms with Crippen molar-refractivity contribution >= 4 is 5.91 Å². The van der Waals surface area contributed by atoms with E-state index in [0.29, 0.717) is 6.42 Å². The first kappa shape index (κ1) is 65.6. The molecule has 0 saturated carbocycles. The van der Waals surface area contributed by atoms with E-state index in [0.717, 1.165) is 64.2 Å². The van der Waals surface area contributed by atoms with Crippen molar-refractivity contribution in [2.24, 2.45) is 0 Å². The van der Waals surface area contributed by atoms with Gasteiger partial charge in [0.15, 0.2) is 6.29 Å². The predicted octanol–water partition coefficient (Wildman–Crippen LogP) is 14.5. The van der Waals surface area contributed by atoms with Crippen LogP contribution in [-0.2, 0) is 14.3 Å². The number of hydrogen-bond donors (Lipinski definition) is 6. The second-order valence-electron chi connectivity index (χ2n) is 20.1. The lowest BCUT2D eigenvalue weighted by Crippen LogP contribution is -2.60. The van der Waals surface area contributed by atoms with Gasteiger partial charge >= 0.3 is 0 Å². The van der Waals surface area contributed by atoms with Crippen LogP contribution in [0.4, 0.5) is 0 Å². The maximum Gasteiger partial charge on any atom is 0.220 e. The maximum absolute atomic E-state index is 13.0. The molecule has 7 unspecified atom stereocenters. The highest BCUT2D eigenvalue weighted by Crippen LogP contribution is 2.23. The Hall–Kier alpha value is -2.37. The van der Waals surface area contributed by atoms with Crippen molar-refractivity contribution < 1.29 is 39.8 Å². The molecule has 1 fully saturated rings. The van der Waals surface area contributed by atoms with Crippen LogP contribution in [0.1, 0.15) is 251 Å². The van der Waals surface area contributed by atoms with Gasteiger partial charge in [0.25, 0.3) is 0 Å². The lowest BCUT2D eigenvalue weighted by Gasteiger charge is -2.40. The summed E-state index contributed by atoms with van der Waals surface area (Å²) in [7, 11) is 0. The van der Waals surface area contributed by atoms with E-state index in [1.165, 1.54) is 167 Å². The lowest BCUT2D eigenvalue weighted by molar-refractivity contribution is -0.302. The zero-order valence-corrected chi connectivity index (χ0v) is 45.0. The summed E-state index contributed by atoms with van der Waals surface area (Å²) in [6.07, 6.45) is 62.7. The molecule has 1 saturated heterocycles. The van der Waals surface area contributed by atoms with Gasteiger partial charge < -0.3 is 40.3 Å². The molecule has 0 radical (unpaired) electrons. The molecular weight excluding hydrogens is 875 g/mol. The quantitative estimate of drug-likeness (QED) is 0.0261. The Morgan fingerprint density at radius 3 is 1.31 bits per heavy atom. The molecule has 1 heterocycles. The molecule has 0 aliphatic carbocycles. The number of unbranched alkanes of at least 4 members (excludes halogenated alkanes) is 29. The van der Waals surface area contributed by atoms with Gasteiger partial charge in [-0.25, -0.2) is 0 Å². The van der Waals surface area contributed by atoms with E-state index in [-0.39, 0.29) is 12.5 Å². The number of aliphatic hydroxyl groups is 5. The van der Waals surface area contributed by atoms with Gasteiger partial charge in [0.05, 0.1) is 25.4 Å². The summed E-state index contributed by atoms with van der Waals surface area (Å²) in [5.74, 6) is -0.191. The van der Waals surface area contributed by atoms with E-state index >= 15 is 0 Å². The fourth-order valence-electron chi connectivity index (χ4n) is 8.84. The van der Waals surface area contributed by atoms with Crippen LogP contribution < -0.4 is 5.32 Å². The second kappa shape index (κ2) is 50.2. The lowest BCUT2D eigenvalue weighted by atomic mass is 9.99. The maximum atomic E-state index is 13.0. The van der Waals surface area contributed by atoms with Crippen LogP contribution in [-0.4, -0.2) is 87.5 Å². The van der Waals surface area contributed by atoms with Gasteiger partial charge in [0.1, 0.15) is 24.4 Å². The molecule has 1 aliphatic rings. The van der Waals surface area contributed by atoms with Crippen LogP contribution in [0.2, 0.25) is 0 Å². The smallest absolute Gasteiger partial charge is 0.220 e. The monoisotopic (exact) mass is 984 g/mol. The first-order valence-corrected chi connectivity index (χ1v) is 29.2. The highest BCUT2D eigenvalue weighted by molar-refractivity contribution is 5.76. The van der Waals surface area contributed by atoms with E-state index in [4.69, 9.17) is 9.47 Å². The molecule has 406 valence electrons. The van der Waals surface area contributed by atoms with E-state index in [1.54, 1.807) is 6.08 Å². The van der Waals surface area contributed by atoms with E-state index in [9.17, 15) is 30.3 Å². The molecule has 1 aliphatic heterocycles. The first-order valence-electron chi connectivity index (χ1n) is 29.2. The molecule has 9 heteroatoms. The third-order valence-corrected chi connectivity index (χ3v) is 13.5. The Kier molecular flexibility index (Phi) is 47.1. The molecule has 0 aromatic carbocycles. The topological polar surface area (TPSA) is 149 Å². The molecule has 0 spiro atoms. The van der Waals surface area contributed by atoms with Gasteiger partial charge in [0.2, 0.25) is 5.91 Å². The van der Waals surface area contributed by atoms with Gasteiger partial charge in [-0.1, -0.05) is 234 Å². The minimum absolute atomic E-state index is 0.191. The highest BCUT2D eigenvalue weighted by Gasteiger charge is 2.44. The van der Waals surface area contributed by atoms with Gasteiger partial charge in [-0.15, -0.1) is 0 Å². The Balaban J connectivity index is 2.15. The van der Waals surface area contributed by atoms with Gasteiger partial charge in [0, 0.05) is 6.42 Å². The van der Waals surface area contributed by atoms with E-state index in [2.05, 4.69) is 79.9 Å². The summed E-state index contributed by atoms with van der Waals surface area (Å²) < 4.78 is 11.2. The van der Waals surface area contributed by atoms with Crippen molar-refractivity contribution in [1.82, 2.24) is 5.32 Å². The van der Waals surface area contributed by atoms with E-state index < -0.39 is 49.5 Å². The molecule has 0 aromatic heterocycles. The number of ether oxygens (including phenoxy) is 2. The normalized spacial score (nSPS) is 19.9. The number of rotatable bonds is 49. The molecule has 1 rings (SSSR count). The molecule has 1 amide bonds. The summed E-state index contributed by atoms with van der Waals surface area (Å²) in [6.45, 7) is 3.72. The number of carbonyl (C=O) groups is 1. The van der Waals surface area contributed by atoms with Crippen LogP contribution in [0.5, 0.6) is 0 Å². The summed E-state index contributed by atoms with van der Waals surface area (Å²) >= 11 is 0. The van der Waals surface area contributed by atoms with Crippen molar-refractivity contribution in [3.05, 3.63) is 72.9 Å². The fraction of sp³-hybridized carbons (Fsp3) is 0.787. The summed E-state index contributed by atoms with van der Waals surface area (Å²) in [5.41, 5.74) is 0. The van der Waals surface area contributed by atoms with E-state index in [1.807, 2.05) is 6.08 Å². The van der Waals surface area contributed by atoms with Gasteiger partial charge in [-0.3, -0.25) is 4.79 Å². The Morgan fingerprint density at radius 1 is 0.486 bits per heavy atom. The van der Waals surface area contributed by atoms with Crippen molar-refractivity contribution in [3.63, 3.8) is 0 Å². The molecule has 6 N–H and O–H groups in total. The second-order valence-corrected chi connectivity index (χ2v) is 20.1. The molecule has 0 aromatic rings. The number of amides is 1. The number of nitrogens with one attached hydrogen (secondary N) is 1. The molecule has 0 bridgehead atoms. The zero-order valence-electron chi connectivity index (χ0n) is 45.0. The van der Waals surface area contributed by atoms with Gasteiger partial charge in [-0.05, 0) is 83.5 Å². The summed E-state index contributed by atoms with van der Waals surface area (Å²) in [6, 6.07) is -0.829. The number of allylic oxidation sites excluding steroid dienone is 11. The highest BCUT2D eigenvalue weighted by atomic mass is 16.7. The molecular formula is C61H109NO8. The first-order chi connectivity index (χ1) is 34.3. The average molecular weight is 985 g/mol.